The van der Waals surface area contributed by atoms with Crippen LogP contribution < -0.4 is 5.01 Å². The first-order valence-corrected chi connectivity index (χ1v) is 8.19. The second kappa shape index (κ2) is 6.96. The van der Waals surface area contributed by atoms with Crippen LogP contribution in [0.4, 0.5) is 32.0 Å². The number of amides is 1. The van der Waals surface area contributed by atoms with E-state index in [4.69, 9.17) is 0 Å². The minimum Gasteiger partial charge on any atom is -0.272 e. The molecule has 2 aromatic rings. The number of carbonyl (C=O) groups excluding carboxylic acids is 1. The summed E-state index contributed by atoms with van der Waals surface area (Å²) in [6.45, 7) is 1.60. The molecule has 0 N–H and O–H groups in total. The Kier molecular flexibility index (Phi) is 4.95. The summed E-state index contributed by atoms with van der Waals surface area (Å²) in [5.74, 6) is -1.52. The van der Waals surface area contributed by atoms with Gasteiger partial charge < -0.3 is 0 Å². The number of rotatable bonds is 2. The third-order valence-corrected chi connectivity index (χ3v) is 4.33. The Labute approximate surface area is 156 Å². The summed E-state index contributed by atoms with van der Waals surface area (Å²) >= 11 is 0. The number of hydrogen-bond donors (Lipinski definition) is 0. The molecule has 0 bridgehead atoms. The second-order valence-corrected chi connectivity index (χ2v) is 6.41. The minimum atomic E-state index is -4.55. The van der Waals surface area contributed by atoms with Crippen LogP contribution in [0.3, 0.4) is 0 Å². The van der Waals surface area contributed by atoms with Gasteiger partial charge in [0.25, 0.3) is 5.91 Å². The molecular formula is C19H14F6N2O. The van der Waals surface area contributed by atoms with Gasteiger partial charge >= 0.3 is 12.4 Å². The molecule has 1 unspecified atom stereocenters. The quantitative estimate of drug-likeness (QED) is 0.602. The van der Waals surface area contributed by atoms with E-state index >= 15 is 0 Å². The Hall–Kier alpha value is -2.84. The minimum absolute atomic E-state index is 0.106. The summed E-state index contributed by atoms with van der Waals surface area (Å²) in [7, 11) is 0. The van der Waals surface area contributed by atoms with Gasteiger partial charge in [-0.2, -0.15) is 31.4 Å². The summed E-state index contributed by atoms with van der Waals surface area (Å²) in [5, 5.41) is 5.00. The zero-order chi connectivity index (χ0) is 20.7. The SMILES string of the molecule is CC1=NN(c2ccc(C(F)(F)F)cc2)C(=O)C(c2cccc(C(F)(F)F)c2)C1. The molecule has 2 aromatic carbocycles. The molecule has 0 saturated carbocycles. The largest absolute Gasteiger partial charge is 0.416 e. The van der Waals surface area contributed by atoms with E-state index in [1.807, 2.05) is 0 Å². The molecule has 1 aliphatic rings. The Morgan fingerprint density at radius 3 is 2.11 bits per heavy atom. The molecule has 0 saturated heterocycles. The van der Waals surface area contributed by atoms with Gasteiger partial charge in [-0.15, -0.1) is 0 Å². The average molecular weight is 400 g/mol. The maximum absolute atomic E-state index is 13.0. The van der Waals surface area contributed by atoms with E-state index in [1.54, 1.807) is 6.92 Å². The van der Waals surface area contributed by atoms with Gasteiger partial charge in [-0.3, -0.25) is 4.79 Å². The van der Waals surface area contributed by atoms with Crippen LogP contribution in [0.5, 0.6) is 0 Å². The summed E-state index contributed by atoms with van der Waals surface area (Å²) in [6.07, 6.45) is -8.95. The van der Waals surface area contributed by atoms with Gasteiger partial charge in [0.15, 0.2) is 0 Å². The highest BCUT2D eigenvalue weighted by Crippen LogP contribution is 2.36. The molecule has 0 aromatic heterocycles. The van der Waals surface area contributed by atoms with E-state index in [2.05, 4.69) is 5.10 Å². The van der Waals surface area contributed by atoms with Crippen LogP contribution in [0.1, 0.15) is 36.0 Å². The van der Waals surface area contributed by atoms with Crippen molar-refractivity contribution in [2.24, 2.45) is 5.10 Å². The van der Waals surface area contributed by atoms with Crippen molar-refractivity contribution in [3.8, 4) is 0 Å². The van der Waals surface area contributed by atoms with Crippen LogP contribution in [0.15, 0.2) is 53.6 Å². The Morgan fingerprint density at radius 1 is 0.929 bits per heavy atom. The Bertz CT molecular complexity index is 915. The highest BCUT2D eigenvalue weighted by atomic mass is 19.4. The first kappa shape index (κ1) is 19.9. The monoisotopic (exact) mass is 400 g/mol. The topological polar surface area (TPSA) is 32.7 Å². The Balaban J connectivity index is 1.94. The third kappa shape index (κ3) is 4.02. The van der Waals surface area contributed by atoms with Gasteiger partial charge in [-0.25, -0.2) is 5.01 Å². The van der Waals surface area contributed by atoms with Crippen molar-refractivity contribution in [2.45, 2.75) is 31.6 Å². The fourth-order valence-corrected chi connectivity index (χ4v) is 2.96. The van der Waals surface area contributed by atoms with Crippen LogP contribution in [0.25, 0.3) is 0 Å². The summed E-state index contributed by atoms with van der Waals surface area (Å²) in [6, 6.07) is 8.30. The smallest absolute Gasteiger partial charge is 0.272 e. The number of alkyl halides is 6. The van der Waals surface area contributed by atoms with Crippen molar-refractivity contribution in [1.82, 2.24) is 0 Å². The predicted octanol–water partition coefficient (Wildman–Crippen LogP) is 5.62. The number of halogens is 6. The molecule has 0 spiro atoms. The molecular weight excluding hydrogens is 386 g/mol. The van der Waals surface area contributed by atoms with Gasteiger partial charge in [0.2, 0.25) is 0 Å². The summed E-state index contributed by atoms with van der Waals surface area (Å²) in [4.78, 5) is 12.8. The van der Waals surface area contributed by atoms with Gasteiger partial charge in [0.1, 0.15) is 0 Å². The van der Waals surface area contributed by atoms with E-state index in [9.17, 15) is 31.1 Å². The van der Waals surface area contributed by atoms with Crippen molar-refractivity contribution in [3.05, 3.63) is 65.2 Å². The predicted molar refractivity (Wildman–Crippen MR) is 90.8 cm³/mol. The molecule has 3 rings (SSSR count). The first-order chi connectivity index (χ1) is 13.0. The van der Waals surface area contributed by atoms with E-state index in [0.29, 0.717) is 5.71 Å². The molecule has 1 heterocycles. The number of hydrogen-bond acceptors (Lipinski definition) is 2. The van der Waals surface area contributed by atoms with Crippen molar-refractivity contribution < 1.29 is 31.1 Å². The lowest BCUT2D eigenvalue weighted by atomic mass is 9.90. The van der Waals surface area contributed by atoms with Crippen LogP contribution in [-0.2, 0) is 17.1 Å². The Morgan fingerprint density at radius 2 is 1.54 bits per heavy atom. The highest BCUT2D eigenvalue weighted by Gasteiger charge is 2.36. The van der Waals surface area contributed by atoms with E-state index in [0.717, 1.165) is 41.4 Å². The summed E-state index contributed by atoms with van der Waals surface area (Å²) < 4.78 is 77.1. The van der Waals surface area contributed by atoms with E-state index in [-0.39, 0.29) is 17.7 Å². The molecule has 1 atom stereocenters. The first-order valence-electron chi connectivity index (χ1n) is 8.19. The maximum Gasteiger partial charge on any atom is 0.416 e. The molecule has 1 amide bonds. The van der Waals surface area contributed by atoms with Crippen molar-refractivity contribution in [3.63, 3.8) is 0 Å². The number of carbonyl (C=O) groups is 1. The molecule has 0 aliphatic carbocycles. The van der Waals surface area contributed by atoms with Crippen LogP contribution >= 0.6 is 0 Å². The number of hydrazone groups is 1. The van der Waals surface area contributed by atoms with Gasteiger partial charge in [0.05, 0.1) is 22.7 Å². The number of benzene rings is 2. The average Bonchev–Trinajstić information content (AvgIpc) is 2.62. The van der Waals surface area contributed by atoms with Crippen LogP contribution in [0, 0.1) is 0 Å². The van der Waals surface area contributed by atoms with Crippen molar-refractivity contribution in [2.75, 3.05) is 5.01 Å². The molecule has 148 valence electrons. The van der Waals surface area contributed by atoms with Crippen LogP contribution in [0.2, 0.25) is 0 Å². The van der Waals surface area contributed by atoms with Gasteiger partial charge in [-0.1, -0.05) is 18.2 Å². The number of anilines is 1. The molecule has 0 fully saturated rings. The molecule has 0 radical (unpaired) electrons. The molecule has 28 heavy (non-hydrogen) atoms. The number of nitrogens with zero attached hydrogens (tertiary/aromatic N) is 2. The third-order valence-electron chi connectivity index (χ3n) is 4.33. The summed E-state index contributed by atoms with van der Waals surface area (Å²) in [5.41, 5.74) is -1.00. The van der Waals surface area contributed by atoms with Crippen molar-refractivity contribution in [1.29, 1.82) is 0 Å². The molecule has 1 aliphatic heterocycles. The van der Waals surface area contributed by atoms with Gasteiger partial charge in [-0.05, 0) is 42.8 Å². The lowest BCUT2D eigenvalue weighted by Crippen LogP contribution is -2.37. The van der Waals surface area contributed by atoms with E-state index in [1.165, 1.54) is 12.1 Å². The van der Waals surface area contributed by atoms with Crippen molar-refractivity contribution >= 4 is 17.3 Å². The normalized spacial score (nSPS) is 18.2. The zero-order valence-corrected chi connectivity index (χ0v) is 14.5. The fraction of sp³-hybridized carbons (Fsp3) is 0.263. The fourth-order valence-electron chi connectivity index (χ4n) is 2.96. The zero-order valence-electron chi connectivity index (χ0n) is 14.5. The van der Waals surface area contributed by atoms with Crippen LogP contribution in [-0.4, -0.2) is 11.6 Å². The molecule has 9 heteroatoms. The van der Waals surface area contributed by atoms with Gasteiger partial charge in [0, 0.05) is 12.1 Å². The maximum atomic E-state index is 13.0. The lowest BCUT2D eigenvalue weighted by molar-refractivity contribution is -0.138. The second-order valence-electron chi connectivity index (χ2n) is 6.41. The standard InChI is InChI=1S/C19H14F6N2O/c1-11-9-16(12-3-2-4-14(10-12)19(23,24)25)17(28)27(26-11)15-7-5-13(6-8-15)18(20,21)22/h2-8,10,16H,9H2,1H3. The molecule has 3 nitrogen and oxygen atoms in total. The highest BCUT2D eigenvalue weighted by molar-refractivity contribution is 6.05. The lowest BCUT2D eigenvalue weighted by Gasteiger charge is -2.29. The van der Waals surface area contributed by atoms with E-state index < -0.39 is 35.3 Å².